The molecule has 0 aliphatic carbocycles. The van der Waals surface area contributed by atoms with Gasteiger partial charge in [-0.15, -0.1) is 0 Å². The average Bonchev–Trinajstić information content (AvgIpc) is 2.58. The van der Waals surface area contributed by atoms with Gasteiger partial charge in [-0.3, -0.25) is 9.79 Å². The van der Waals surface area contributed by atoms with Crippen molar-refractivity contribution in [2.45, 2.75) is 13.0 Å². The molecular weight excluding hydrogens is 376 g/mol. The highest BCUT2D eigenvalue weighted by molar-refractivity contribution is 7.90. The van der Waals surface area contributed by atoms with Gasteiger partial charge in [-0.05, 0) is 24.1 Å². The number of aliphatic imine (C=N–C) groups is 1. The Hall–Kier alpha value is -1.80. The monoisotopic (exact) mass is 400 g/mol. The number of hydrogen-bond donors (Lipinski definition) is 1. The number of carbonyl (C=O) groups excluding carboxylic acids is 1. The summed E-state index contributed by atoms with van der Waals surface area (Å²) in [6.07, 6.45) is 1.72. The lowest BCUT2D eigenvalue weighted by Crippen LogP contribution is -2.55. The van der Waals surface area contributed by atoms with E-state index < -0.39 is 9.84 Å². The molecule has 0 unspecified atom stereocenters. The number of halogens is 1. The molecule has 1 heterocycles. The summed E-state index contributed by atoms with van der Waals surface area (Å²) in [5, 5.41) is 3.81. The van der Waals surface area contributed by atoms with E-state index in [-0.39, 0.29) is 18.2 Å². The first-order valence-corrected chi connectivity index (χ1v) is 10.9. The van der Waals surface area contributed by atoms with Crippen LogP contribution in [0, 0.1) is 0 Å². The number of carbonyl (C=O) groups is 1. The molecule has 1 aromatic carbocycles. The molecule has 0 aromatic heterocycles. The maximum Gasteiger partial charge on any atom is 0.242 e. The molecule has 26 heavy (non-hydrogen) atoms. The van der Waals surface area contributed by atoms with Crippen molar-refractivity contribution in [3.05, 3.63) is 34.9 Å². The Morgan fingerprint density at radius 2 is 1.96 bits per heavy atom. The molecule has 1 N–H and O–H groups in total. The number of guanidine groups is 1. The highest BCUT2D eigenvalue weighted by Gasteiger charge is 2.25. The van der Waals surface area contributed by atoms with Crippen molar-refractivity contribution in [2.75, 3.05) is 45.2 Å². The Balaban J connectivity index is 1.84. The first-order valence-electron chi connectivity index (χ1n) is 8.44. The largest absolute Gasteiger partial charge is 0.356 e. The van der Waals surface area contributed by atoms with E-state index in [1.54, 1.807) is 7.05 Å². The summed E-state index contributed by atoms with van der Waals surface area (Å²) in [7, 11) is -1.31. The molecule has 1 amide bonds. The van der Waals surface area contributed by atoms with Crippen molar-refractivity contribution in [3.8, 4) is 0 Å². The molecule has 0 spiro atoms. The molecule has 9 heteroatoms. The maximum atomic E-state index is 12.5. The van der Waals surface area contributed by atoms with Crippen LogP contribution in [0.1, 0.15) is 12.0 Å². The Bertz CT molecular complexity index is 750. The Morgan fingerprint density at radius 1 is 1.27 bits per heavy atom. The lowest BCUT2D eigenvalue weighted by Gasteiger charge is -2.36. The van der Waals surface area contributed by atoms with Crippen LogP contribution < -0.4 is 5.32 Å². The molecule has 1 aliphatic rings. The van der Waals surface area contributed by atoms with Crippen LogP contribution in [0.2, 0.25) is 5.02 Å². The second kappa shape index (κ2) is 9.23. The first kappa shape index (κ1) is 20.5. The predicted molar refractivity (Wildman–Crippen MR) is 104 cm³/mol. The molecule has 144 valence electrons. The minimum Gasteiger partial charge on any atom is -0.356 e. The van der Waals surface area contributed by atoms with E-state index in [9.17, 15) is 13.2 Å². The third-order valence-electron chi connectivity index (χ3n) is 4.09. The summed E-state index contributed by atoms with van der Waals surface area (Å²) in [5.41, 5.74) is 1.04. The van der Waals surface area contributed by atoms with E-state index in [0.717, 1.165) is 5.56 Å². The van der Waals surface area contributed by atoms with Gasteiger partial charge in [0, 0.05) is 44.5 Å². The second-order valence-corrected chi connectivity index (χ2v) is 9.02. The zero-order valence-electron chi connectivity index (χ0n) is 15.1. The molecule has 0 bridgehead atoms. The highest BCUT2D eigenvalue weighted by Crippen LogP contribution is 2.13. The zero-order valence-corrected chi connectivity index (χ0v) is 16.7. The van der Waals surface area contributed by atoms with Crippen molar-refractivity contribution >= 4 is 33.3 Å². The van der Waals surface area contributed by atoms with Gasteiger partial charge >= 0.3 is 0 Å². The number of nitrogens with zero attached hydrogens (tertiary/aromatic N) is 3. The molecule has 0 saturated carbocycles. The maximum absolute atomic E-state index is 12.5. The lowest BCUT2D eigenvalue weighted by molar-refractivity contribution is -0.135. The quantitative estimate of drug-likeness (QED) is 0.437. The van der Waals surface area contributed by atoms with Gasteiger partial charge < -0.3 is 15.1 Å². The summed E-state index contributed by atoms with van der Waals surface area (Å²) >= 11 is 5.89. The van der Waals surface area contributed by atoms with E-state index in [1.807, 2.05) is 34.1 Å². The number of sulfone groups is 1. The van der Waals surface area contributed by atoms with Crippen LogP contribution >= 0.6 is 11.6 Å². The van der Waals surface area contributed by atoms with Crippen molar-refractivity contribution in [1.82, 2.24) is 15.1 Å². The average molecular weight is 401 g/mol. The minimum atomic E-state index is -2.96. The molecule has 1 saturated heterocycles. The van der Waals surface area contributed by atoms with Crippen LogP contribution in [0.15, 0.2) is 29.3 Å². The highest BCUT2D eigenvalue weighted by atomic mass is 35.5. The molecule has 7 nitrogen and oxygen atoms in total. The van der Waals surface area contributed by atoms with Gasteiger partial charge in [-0.1, -0.05) is 23.7 Å². The summed E-state index contributed by atoms with van der Waals surface area (Å²) in [5.74, 6) is 0.786. The first-order chi connectivity index (χ1) is 12.3. The fourth-order valence-electron chi connectivity index (χ4n) is 2.73. The fourth-order valence-corrected chi connectivity index (χ4v) is 3.53. The van der Waals surface area contributed by atoms with E-state index in [0.29, 0.717) is 43.6 Å². The topological polar surface area (TPSA) is 82.1 Å². The number of hydrogen-bond acceptors (Lipinski definition) is 4. The van der Waals surface area contributed by atoms with E-state index >= 15 is 0 Å². The fraction of sp³-hybridized carbons (Fsp3) is 0.529. The van der Waals surface area contributed by atoms with Gasteiger partial charge in [0.05, 0.1) is 12.3 Å². The van der Waals surface area contributed by atoms with Crippen LogP contribution in [0.25, 0.3) is 0 Å². The normalized spacial score (nSPS) is 16.1. The number of piperazine rings is 1. The Morgan fingerprint density at radius 3 is 2.54 bits per heavy atom. The van der Waals surface area contributed by atoms with Crippen LogP contribution in [-0.4, -0.2) is 75.3 Å². The predicted octanol–water partition coefficient (Wildman–Crippen LogP) is 0.994. The van der Waals surface area contributed by atoms with Gasteiger partial charge in [0.2, 0.25) is 5.91 Å². The standard InChI is InChI=1S/C17H25ClN4O3S/c1-19-17(20-8-3-11-26(2,24)25)22-10-9-21(16(23)13-22)12-14-4-6-15(18)7-5-14/h4-7H,3,8-13H2,1-2H3,(H,19,20). The smallest absolute Gasteiger partial charge is 0.242 e. The summed E-state index contributed by atoms with van der Waals surface area (Å²) in [6, 6.07) is 7.48. The SMILES string of the molecule is CN=C(NCCCS(C)(=O)=O)N1CCN(Cc2ccc(Cl)cc2)C(=O)C1. The number of rotatable bonds is 6. The molecule has 0 radical (unpaired) electrons. The lowest BCUT2D eigenvalue weighted by atomic mass is 10.2. The van der Waals surface area contributed by atoms with Gasteiger partial charge in [0.15, 0.2) is 5.96 Å². The summed E-state index contributed by atoms with van der Waals surface area (Å²) in [4.78, 5) is 20.4. The summed E-state index contributed by atoms with van der Waals surface area (Å²) < 4.78 is 22.3. The number of nitrogens with one attached hydrogen (secondary N) is 1. The van der Waals surface area contributed by atoms with Gasteiger partial charge in [0.1, 0.15) is 9.84 Å². The Labute approximate surface area is 159 Å². The minimum absolute atomic E-state index is 0.0327. The van der Waals surface area contributed by atoms with Gasteiger partial charge in [0.25, 0.3) is 0 Å². The van der Waals surface area contributed by atoms with Crippen LogP contribution in [0.3, 0.4) is 0 Å². The van der Waals surface area contributed by atoms with Crippen LogP contribution in [-0.2, 0) is 21.2 Å². The molecular formula is C17H25ClN4O3S. The van der Waals surface area contributed by atoms with E-state index in [4.69, 9.17) is 11.6 Å². The second-order valence-electron chi connectivity index (χ2n) is 6.32. The van der Waals surface area contributed by atoms with Crippen molar-refractivity contribution in [2.24, 2.45) is 4.99 Å². The summed E-state index contributed by atoms with van der Waals surface area (Å²) in [6.45, 7) is 2.58. The number of amides is 1. The Kier molecular flexibility index (Phi) is 7.28. The van der Waals surface area contributed by atoms with Crippen molar-refractivity contribution in [3.63, 3.8) is 0 Å². The molecule has 0 atom stereocenters. The zero-order chi connectivity index (χ0) is 19.2. The van der Waals surface area contributed by atoms with Gasteiger partial charge in [-0.2, -0.15) is 0 Å². The van der Waals surface area contributed by atoms with Crippen molar-refractivity contribution in [1.29, 1.82) is 0 Å². The molecule has 1 aliphatic heterocycles. The van der Waals surface area contributed by atoms with E-state index in [2.05, 4.69) is 10.3 Å². The van der Waals surface area contributed by atoms with Crippen molar-refractivity contribution < 1.29 is 13.2 Å². The third kappa shape index (κ3) is 6.49. The third-order valence-corrected chi connectivity index (χ3v) is 5.37. The van der Waals surface area contributed by atoms with Gasteiger partial charge in [-0.25, -0.2) is 8.42 Å². The molecule has 1 aromatic rings. The molecule has 1 fully saturated rings. The molecule has 2 rings (SSSR count). The van der Waals surface area contributed by atoms with E-state index in [1.165, 1.54) is 6.26 Å². The number of benzene rings is 1. The van der Waals surface area contributed by atoms with Crippen LogP contribution in [0.5, 0.6) is 0 Å². The van der Waals surface area contributed by atoms with Crippen LogP contribution in [0.4, 0.5) is 0 Å².